The van der Waals surface area contributed by atoms with Gasteiger partial charge in [0.2, 0.25) is 10.0 Å². The SMILES string of the molecule is CCCNc1ccc(C)cc1C(=O)NCCS(N)(=O)=O. The molecule has 1 rings (SSSR count). The fourth-order valence-electron chi connectivity index (χ4n) is 1.66. The monoisotopic (exact) mass is 299 g/mol. The molecule has 7 heteroatoms. The van der Waals surface area contributed by atoms with Gasteiger partial charge in [-0.2, -0.15) is 0 Å². The van der Waals surface area contributed by atoms with Gasteiger partial charge in [-0.3, -0.25) is 4.79 Å². The van der Waals surface area contributed by atoms with Crippen molar-refractivity contribution in [2.24, 2.45) is 5.14 Å². The number of primary sulfonamides is 1. The highest BCUT2D eigenvalue weighted by molar-refractivity contribution is 7.89. The van der Waals surface area contributed by atoms with Crippen molar-refractivity contribution in [1.82, 2.24) is 5.32 Å². The molecule has 0 radical (unpaired) electrons. The van der Waals surface area contributed by atoms with Crippen LogP contribution in [-0.2, 0) is 10.0 Å². The predicted octanol–water partition coefficient (Wildman–Crippen LogP) is 0.835. The van der Waals surface area contributed by atoms with Gasteiger partial charge in [-0.05, 0) is 25.5 Å². The van der Waals surface area contributed by atoms with Crippen LogP contribution in [0.1, 0.15) is 29.3 Å². The molecule has 0 saturated heterocycles. The molecule has 0 aliphatic carbocycles. The fraction of sp³-hybridized carbons (Fsp3) is 0.462. The van der Waals surface area contributed by atoms with Crippen LogP contribution in [0, 0.1) is 6.92 Å². The molecule has 0 spiro atoms. The maximum absolute atomic E-state index is 12.1. The first-order valence-electron chi connectivity index (χ1n) is 6.46. The van der Waals surface area contributed by atoms with Crippen molar-refractivity contribution in [3.63, 3.8) is 0 Å². The predicted molar refractivity (Wildman–Crippen MR) is 80.3 cm³/mol. The van der Waals surface area contributed by atoms with E-state index in [0.29, 0.717) is 5.56 Å². The number of carbonyl (C=O) groups excluding carboxylic acids is 1. The van der Waals surface area contributed by atoms with E-state index in [1.165, 1.54) is 0 Å². The van der Waals surface area contributed by atoms with Gasteiger partial charge in [0.05, 0.1) is 11.3 Å². The Kier molecular flexibility index (Phi) is 5.97. The van der Waals surface area contributed by atoms with E-state index in [9.17, 15) is 13.2 Å². The third-order valence-electron chi connectivity index (χ3n) is 2.66. The van der Waals surface area contributed by atoms with E-state index in [-0.39, 0.29) is 18.2 Å². The van der Waals surface area contributed by atoms with Crippen LogP contribution >= 0.6 is 0 Å². The van der Waals surface area contributed by atoms with E-state index in [0.717, 1.165) is 24.2 Å². The summed E-state index contributed by atoms with van der Waals surface area (Å²) < 4.78 is 21.7. The minimum atomic E-state index is -3.56. The average Bonchev–Trinajstić information content (AvgIpc) is 2.35. The number of hydrogen-bond acceptors (Lipinski definition) is 4. The number of hydrogen-bond donors (Lipinski definition) is 3. The molecule has 0 bridgehead atoms. The Balaban J connectivity index is 2.77. The van der Waals surface area contributed by atoms with Crippen LogP contribution in [0.3, 0.4) is 0 Å². The number of benzene rings is 1. The van der Waals surface area contributed by atoms with Gasteiger partial charge in [0.25, 0.3) is 5.91 Å². The molecule has 1 amide bonds. The summed E-state index contributed by atoms with van der Waals surface area (Å²) in [4.78, 5) is 12.1. The van der Waals surface area contributed by atoms with Crippen molar-refractivity contribution >= 4 is 21.6 Å². The third kappa shape index (κ3) is 5.58. The second kappa shape index (κ2) is 7.25. The van der Waals surface area contributed by atoms with Gasteiger partial charge in [0.1, 0.15) is 0 Å². The molecule has 0 saturated carbocycles. The van der Waals surface area contributed by atoms with Crippen LogP contribution in [0.2, 0.25) is 0 Å². The minimum absolute atomic E-state index is 0.00116. The first-order valence-corrected chi connectivity index (χ1v) is 8.18. The second-order valence-corrected chi connectivity index (χ2v) is 6.33. The van der Waals surface area contributed by atoms with Gasteiger partial charge in [-0.25, -0.2) is 13.6 Å². The summed E-state index contributed by atoms with van der Waals surface area (Å²) in [5.74, 6) is -0.585. The first-order chi connectivity index (χ1) is 9.33. The minimum Gasteiger partial charge on any atom is -0.384 e. The van der Waals surface area contributed by atoms with Gasteiger partial charge >= 0.3 is 0 Å². The lowest BCUT2D eigenvalue weighted by Gasteiger charge is -2.12. The van der Waals surface area contributed by atoms with Crippen molar-refractivity contribution < 1.29 is 13.2 Å². The van der Waals surface area contributed by atoms with E-state index in [1.807, 2.05) is 26.0 Å². The summed E-state index contributed by atoms with van der Waals surface area (Å²) >= 11 is 0. The zero-order chi connectivity index (χ0) is 15.2. The van der Waals surface area contributed by atoms with Crippen LogP contribution in [-0.4, -0.2) is 33.2 Å². The van der Waals surface area contributed by atoms with Crippen molar-refractivity contribution in [3.05, 3.63) is 29.3 Å². The molecule has 0 fully saturated rings. The largest absolute Gasteiger partial charge is 0.384 e. The summed E-state index contributed by atoms with van der Waals surface area (Å²) in [6, 6.07) is 5.53. The van der Waals surface area contributed by atoms with E-state index >= 15 is 0 Å². The van der Waals surface area contributed by atoms with Gasteiger partial charge in [-0.15, -0.1) is 0 Å². The molecule has 0 heterocycles. The molecule has 0 atom stereocenters. The fourth-order valence-corrected chi connectivity index (χ4v) is 2.05. The number of carbonyl (C=O) groups is 1. The van der Waals surface area contributed by atoms with E-state index in [1.54, 1.807) is 6.07 Å². The molecule has 6 nitrogen and oxygen atoms in total. The summed E-state index contributed by atoms with van der Waals surface area (Å²) in [6.07, 6.45) is 0.945. The third-order valence-corrected chi connectivity index (χ3v) is 3.43. The maximum Gasteiger partial charge on any atom is 0.253 e. The average molecular weight is 299 g/mol. The van der Waals surface area contributed by atoms with E-state index in [2.05, 4.69) is 10.6 Å². The van der Waals surface area contributed by atoms with Gasteiger partial charge in [-0.1, -0.05) is 18.6 Å². The molecule has 0 aliphatic heterocycles. The molecule has 0 aromatic heterocycles. The molecule has 1 aromatic carbocycles. The topological polar surface area (TPSA) is 101 Å². The molecule has 112 valence electrons. The highest BCUT2D eigenvalue weighted by Gasteiger charge is 2.12. The van der Waals surface area contributed by atoms with Crippen molar-refractivity contribution in [2.45, 2.75) is 20.3 Å². The highest BCUT2D eigenvalue weighted by Crippen LogP contribution is 2.17. The maximum atomic E-state index is 12.1. The first kappa shape index (κ1) is 16.5. The molecule has 0 aliphatic rings. The van der Waals surface area contributed by atoms with Crippen molar-refractivity contribution in [1.29, 1.82) is 0 Å². The Bertz CT molecular complexity index is 570. The van der Waals surface area contributed by atoms with Gasteiger partial charge < -0.3 is 10.6 Å². The number of anilines is 1. The lowest BCUT2D eigenvalue weighted by Crippen LogP contribution is -2.32. The van der Waals surface area contributed by atoms with Gasteiger partial charge in [0.15, 0.2) is 0 Å². The lowest BCUT2D eigenvalue weighted by molar-refractivity contribution is 0.0957. The summed E-state index contributed by atoms with van der Waals surface area (Å²) in [5, 5.41) is 10.6. The smallest absolute Gasteiger partial charge is 0.253 e. The normalized spacial score (nSPS) is 11.2. The number of nitrogens with two attached hydrogens (primary N) is 1. The highest BCUT2D eigenvalue weighted by atomic mass is 32.2. The zero-order valence-corrected chi connectivity index (χ0v) is 12.6. The van der Waals surface area contributed by atoms with E-state index in [4.69, 9.17) is 5.14 Å². The van der Waals surface area contributed by atoms with Crippen molar-refractivity contribution in [3.8, 4) is 0 Å². The summed E-state index contributed by atoms with van der Waals surface area (Å²) in [5.41, 5.74) is 2.21. The molecular weight excluding hydrogens is 278 g/mol. The Morgan fingerprint density at radius 1 is 1.30 bits per heavy atom. The zero-order valence-electron chi connectivity index (χ0n) is 11.8. The van der Waals surface area contributed by atoms with Crippen LogP contribution < -0.4 is 15.8 Å². The standard InChI is InChI=1S/C13H21N3O3S/c1-3-6-15-12-5-4-10(2)9-11(12)13(17)16-7-8-20(14,18)19/h4-5,9,15H,3,6-8H2,1-2H3,(H,16,17)(H2,14,18,19). The number of aryl methyl sites for hydroxylation is 1. The Morgan fingerprint density at radius 2 is 2.00 bits per heavy atom. The molecular formula is C13H21N3O3S. The Labute approximate surface area is 119 Å². The van der Waals surface area contributed by atoms with Crippen LogP contribution in [0.5, 0.6) is 0 Å². The summed E-state index contributed by atoms with van der Waals surface area (Å²) in [6.45, 7) is 4.69. The van der Waals surface area contributed by atoms with E-state index < -0.39 is 10.0 Å². The quantitative estimate of drug-likeness (QED) is 0.694. The van der Waals surface area contributed by atoms with Gasteiger partial charge in [0, 0.05) is 18.8 Å². The second-order valence-electron chi connectivity index (χ2n) is 4.60. The Hall–Kier alpha value is -1.60. The molecule has 20 heavy (non-hydrogen) atoms. The lowest BCUT2D eigenvalue weighted by atomic mass is 10.1. The molecule has 4 N–H and O–H groups in total. The number of nitrogens with one attached hydrogen (secondary N) is 2. The number of amides is 1. The number of sulfonamides is 1. The van der Waals surface area contributed by atoms with Crippen LogP contribution in [0.15, 0.2) is 18.2 Å². The molecule has 0 unspecified atom stereocenters. The van der Waals surface area contributed by atoms with Crippen LogP contribution in [0.4, 0.5) is 5.69 Å². The Morgan fingerprint density at radius 3 is 2.60 bits per heavy atom. The molecule has 1 aromatic rings. The van der Waals surface area contributed by atoms with Crippen LogP contribution in [0.25, 0.3) is 0 Å². The van der Waals surface area contributed by atoms with Crippen molar-refractivity contribution in [2.75, 3.05) is 24.2 Å². The number of rotatable bonds is 7. The summed E-state index contributed by atoms with van der Waals surface area (Å²) in [7, 11) is -3.56.